The molecule has 0 aliphatic carbocycles. The van der Waals surface area contributed by atoms with E-state index in [1.807, 2.05) is 48.5 Å². The van der Waals surface area contributed by atoms with Gasteiger partial charge in [-0.15, -0.1) is 0 Å². The topological polar surface area (TPSA) is 46.5 Å². The molecule has 0 radical (unpaired) electrons. The van der Waals surface area contributed by atoms with Gasteiger partial charge >= 0.3 is 5.97 Å². The highest BCUT2D eigenvalue weighted by atomic mass is 35.5. The zero-order valence-corrected chi connectivity index (χ0v) is 16.9. The number of hydrogen-bond acceptors (Lipinski definition) is 2. The molecule has 0 aromatic heterocycles. The van der Waals surface area contributed by atoms with Crippen LogP contribution >= 0.6 is 23.2 Å². The third kappa shape index (κ3) is 5.28. The van der Waals surface area contributed by atoms with Crippen molar-refractivity contribution in [1.29, 1.82) is 0 Å². The lowest BCUT2D eigenvalue weighted by Gasteiger charge is -2.26. The molecule has 0 aliphatic rings. The maximum atomic E-state index is 11.9. The van der Waals surface area contributed by atoms with Crippen LogP contribution in [0.2, 0.25) is 10.0 Å². The Morgan fingerprint density at radius 3 is 1.71 bits per heavy atom. The van der Waals surface area contributed by atoms with E-state index < -0.39 is 11.6 Å². The quantitative estimate of drug-likeness (QED) is 0.511. The van der Waals surface area contributed by atoms with Gasteiger partial charge in [-0.25, -0.2) is 4.79 Å². The van der Waals surface area contributed by atoms with Gasteiger partial charge in [-0.2, -0.15) is 0 Å². The average molecular weight is 415 g/mol. The lowest BCUT2D eigenvalue weighted by molar-refractivity contribution is -0.153. The number of rotatable bonds is 7. The van der Waals surface area contributed by atoms with E-state index >= 15 is 0 Å². The normalized spacial score (nSPS) is 13.0. The van der Waals surface area contributed by atoms with Crippen molar-refractivity contribution >= 4 is 29.2 Å². The Kier molecular flexibility index (Phi) is 6.28. The maximum absolute atomic E-state index is 11.9. The maximum Gasteiger partial charge on any atom is 0.348 e. The van der Waals surface area contributed by atoms with Crippen LogP contribution in [-0.2, 0) is 17.6 Å². The van der Waals surface area contributed by atoms with Crippen molar-refractivity contribution in [3.8, 4) is 5.75 Å². The highest BCUT2D eigenvalue weighted by Crippen LogP contribution is 2.25. The molecule has 1 N–H and O–H groups in total. The van der Waals surface area contributed by atoms with E-state index in [2.05, 4.69) is 0 Å². The summed E-state index contributed by atoms with van der Waals surface area (Å²) in [6.07, 6.45) is 0.991. The molecule has 3 nitrogen and oxygen atoms in total. The van der Waals surface area contributed by atoms with Gasteiger partial charge in [-0.3, -0.25) is 0 Å². The molecular weight excluding hydrogens is 395 g/mol. The molecule has 0 fully saturated rings. The summed E-state index contributed by atoms with van der Waals surface area (Å²) in [6, 6.07) is 22.3. The van der Waals surface area contributed by atoms with Crippen molar-refractivity contribution in [1.82, 2.24) is 0 Å². The first-order chi connectivity index (χ1) is 13.3. The highest BCUT2D eigenvalue weighted by molar-refractivity contribution is 6.30. The third-order valence-electron chi connectivity index (χ3n) is 4.50. The fourth-order valence-electron chi connectivity index (χ4n) is 2.92. The minimum Gasteiger partial charge on any atom is -0.478 e. The van der Waals surface area contributed by atoms with Gasteiger partial charge in [-0.05, 0) is 66.4 Å². The third-order valence-corrected chi connectivity index (χ3v) is 5.00. The van der Waals surface area contributed by atoms with E-state index in [-0.39, 0.29) is 6.42 Å². The molecule has 0 aliphatic heterocycles. The number of carboxylic acids is 1. The number of hydrogen-bond donors (Lipinski definition) is 1. The van der Waals surface area contributed by atoms with Crippen molar-refractivity contribution in [2.24, 2.45) is 0 Å². The van der Waals surface area contributed by atoms with Crippen LogP contribution in [0.25, 0.3) is 0 Å². The summed E-state index contributed by atoms with van der Waals surface area (Å²) < 4.78 is 5.87. The van der Waals surface area contributed by atoms with E-state index in [9.17, 15) is 9.90 Å². The van der Waals surface area contributed by atoms with Crippen LogP contribution in [0.1, 0.15) is 23.6 Å². The Balaban J connectivity index is 1.71. The van der Waals surface area contributed by atoms with Crippen LogP contribution in [0.15, 0.2) is 72.8 Å². The highest BCUT2D eigenvalue weighted by Gasteiger charge is 2.36. The fourth-order valence-corrected chi connectivity index (χ4v) is 3.17. The molecule has 0 amide bonds. The van der Waals surface area contributed by atoms with Gasteiger partial charge in [0.2, 0.25) is 5.60 Å². The van der Waals surface area contributed by atoms with Crippen LogP contribution < -0.4 is 4.74 Å². The van der Waals surface area contributed by atoms with E-state index in [4.69, 9.17) is 27.9 Å². The number of aliphatic carboxylic acids is 1. The van der Waals surface area contributed by atoms with E-state index in [0.717, 1.165) is 23.1 Å². The molecule has 0 saturated carbocycles. The Morgan fingerprint density at radius 2 is 1.25 bits per heavy atom. The Morgan fingerprint density at radius 1 is 0.821 bits per heavy atom. The molecule has 0 spiro atoms. The van der Waals surface area contributed by atoms with Crippen LogP contribution in [-0.4, -0.2) is 16.7 Å². The second-order valence-electron chi connectivity index (χ2n) is 6.89. The standard InChI is InChI=1S/C23H20Cl2O3/c1-23(22(26)27,15-18-4-10-20(25)11-5-18)28-21-12-6-17(7-13-21)14-16-2-8-19(24)9-3-16/h2-13H,14-15H2,1H3,(H,26,27). The van der Waals surface area contributed by atoms with Gasteiger partial charge in [0.15, 0.2) is 0 Å². The van der Waals surface area contributed by atoms with Gasteiger partial charge in [0.1, 0.15) is 5.75 Å². The Labute approximate surface area is 174 Å². The van der Waals surface area contributed by atoms with Crippen molar-refractivity contribution in [3.63, 3.8) is 0 Å². The monoisotopic (exact) mass is 414 g/mol. The molecular formula is C23H20Cl2O3. The summed E-state index contributed by atoms with van der Waals surface area (Å²) in [5.41, 5.74) is 1.71. The van der Waals surface area contributed by atoms with Crippen LogP contribution in [0.5, 0.6) is 5.75 Å². The van der Waals surface area contributed by atoms with E-state index in [1.54, 1.807) is 31.2 Å². The predicted octanol–water partition coefficient (Wildman–Crippen LogP) is 6.05. The van der Waals surface area contributed by atoms with Crippen molar-refractivity contribution in [2.45, 2.75) is 25.4 Å². The van der Waals surface area contributed by atoms with Crippen LogP contribution in [0, 0.1) is 0 Å². The zero-order valence-electron chi connectivity index (χ0n) is 15.4. The first-order valence-corrected chi connectivity index (χ1v) is 9.60. The summed E-state index contributed by atoms with van der Waals surface area (Å²) in [5.74, 6) is -0.508. The van der Waals surface area contributed by atoms with E-state index in [0.29, 0.717) is 15.8 Å². The lowest BCUT2D eigenvalue weighted by Crippen LogP contribution is -2.43. The Hall–Kier alpha value is -2.49. The van der Waals surface area contributed by atoms with Crippen molar-refractivity contribution in [2.75, 3.05) is 0 Å². The summed E-state index contributed by atoms with van der Waals surface area (Å²) in [5, 5.41) is 11.0. The second kappa shape index (κ2) is 8.68. The molecule has 3 aromatic carbocycles. The molecule has 0 saturated heterocycles. The number of ether oxygens (including phenoxy) is 1. The van der Waals surface area contributed by atoms with Gasteiger partial charge in [0.05, 0.1) is 0 Å². The number of carboxylic acid groups (broad SMARTS) is 1. The number of carbonyl (C=O) groups is 1. The molecule has 1 unspecified atom stereocenters. The molecule has 3 aromatic rings. The predicted molar refractivity (Wildman–Crippen MR) is 113 cm³/mol. The zero-order chi connectivity index (χ0) is 20.1. The fraction of sp³-hybridized carbons (Fsp3) is 0.174. The van der Waals surface area contributed by atoms with Gasteiger partial charge in [0, 0.05) is 16.5 Å². The SMILES string of the molecule is CC(Cc1ccc(Cl)cc1)(Oc1ccc(Cc2ccc(Cl)cc2)cc1)C(=O)O. The molecule has 3 rings (SSSR count). The smallest absolute Gasteiger partial charge is 0.348 e. The lowest BCUT2D eigenvalue weighted by atomic mass is 9.96. The molecule has 0 bridgehead atoms. The second-order valence-corrected chi connectivity index (χ2v) is 7.76. The van der Waals surface area contributed by atoms with Crippen molar-refractivity contribution < 1.29 is 14.6 Å². The first kappa shape index (κ1) is 20.2. The largest absolute Gasteiger partial charge is 0.478 e. The van der Waals surface area contributed by atoms with Gasteiger partial charge in [-0.1, -0.05) is 59.6 Å². The van der Waals surface area contributed by atoms with E-state index in [1.165, 1.54) is 0 Å². The summed E-state index contributed by atoms with van der Waals surface area (Å²) in [6.45, 7) is 1.57. The van der Waals surface area contributed by atoms with Crippen LogP contribution in [0.3, 0.4) is 0 Å². The van der Waals surface area contributed by atoms with Gasteiger partial charge in [0.25, 0.3) is 0 Å². The molecule has 0 heterocycles. The number of benzene rings is 3. The number of halogens is 2. The average Bonchev–Trinajstić information content (AvgIpc) is 2.67. The summed E-state index contributed by atoms with van der Waals surface area (Å²) >= 11 is 11.8. The molecule has 144 valence electrons. The van der Waals surface area contributed by atoms with Crippen LogP contribution in [0.4, 0.5) is 0 Å². The molecule has 28 heavy (non-hydrogen) atoms. The minimum absolute atomic E-state index is 0.228. The van der Waals surface area contributed by atoms with Gasteiger partial charge < -0.3 is 9.84 Å². The summed E-state index contributed by atoms with van der Waals surface area (Å²) in [4.78, 5) is 11.9. The summed E-state index contributed by atoms with van der Waals surface area (Å²) in [7, 11) is 0. The first-order valence-electron chi connectivity index (χ1n) is 8.84. The molecule has 1 atom stereocenters. The Bertz CT molecular complexity index is 935. The molecule has 5 heteroatoms. The van der Waals surface area contributed by atoms with Crippen molar-refractivity contribution in [3.05, 3.63) is 99.5 Å². The minimum atomic E-state index is -1.38.